The zero-order valence-corrected chi connectivity index (χ0v) is 10.9. The highest BCUT2D eigenvalue weighted by molar-refractivity contribution is 7.80. The molecule has 2 N–H and O–H groups in total. The van der Waals surface area contributed by atoms with E-state index in [1.54, 1.807) is 11.0 Å². The van der Waals surface area contributed by atoms with Crippen LogP contribution >= 0.6 is 12.2 Å². The number of hydrogen-bond acceptors (Lipinski definition) is 3. The second-order valence-electron chi connectivity index (χ2n) is 3.83. The molecule has 0 aliphatic carbocycles. The van der Waals surface area contributed by atoms with Crippen LogP contribution in [0.5, 0.6) is 0 Å². The number of thiocarbonyl (C=S) groups is 1. The standard InChI is InChI=1S/C12H15N5S/c1-17-9-14-11(16-17)7-8-13-12(18)15-10-5-3-2-4-6-10/h2-6,9H,7-8H2,1H3,(H2,13,15,18). The average Bonchev–Trinajstić information content (AvgIpc) is 2.76. The summed E-state index contributed by atoms with van der Waals surface area (Å²) in [5.41, 5.74) is 0.978. The second-order valence-corrected chi connectivity index (χ2v) is 4.24. The van der Waals surface area contributed by atoms with Crippen LogP contribution in [-0.4, -0.2) is 26.4 Å². The van der Waals surface area contributed by atoms with Gasteiger partial charge in [0.1, 0.15) is 6.33 Å². The highest BCUT2D eigenvalue weighted by Gasteiger charge is 2.00. The molecule has 1 heterocycles. The van der Waals surface area contributed by atoms with Gasteiger partial charge < -0.3 is 10.6 Å². The van der Waals surface area contributed by atoms with Crippen LogP contribution in [0.3, 0.4) is 0 Å². The van der Waals surface area contributed by atoms with Crippen molar-refractivity contribution in [2.75, 3.05) is 11.9 Å². The molecule has 94 valence electrons. The third kappa shape index (κ3) is 3.81. The molecule has 18 heavy (non-hydrogen) atoms. The Morgan fingerprint density at radius 3 is 2.78 bits per heavy atom. The van der Waals surface area contributed by atoms with E-state index in [0.717, 1.165) is 17.9 Å². The predicted molar refractivity (Wildman–Crippen MR) is 75.4 cm³/mol. The van der Waals surface area contributed by atoms with E-state index >= 15 is 0 Å². The molecule has 0 fully saturated rings. The van der Waals surface area contributed by atoms with Crippen molar-refractivity contribution in [3.63, 3.8) is 0 Å². The lowest BCUT2D eigenvalue weighted by Crippen LogP contribution is -2.30. The quantitative estimate of drug-likeness (QED) is 0.814. The first-order chi connectivity index (χ1) is 8.74. The van der Waals surface area contributed by atoms with Gasteiger partial charge in [0, 0.05) is 25.7 Å². The van der Waals surface area contributed by atoms with Crippen LogP contribution in [0.4, 0.5) is 5.69 Å². The maximum Gasteiger partial charge on any atom is 0.170 e. The number of aromatic nitrogens is 3. The molecule has 5 nitrogen and oxygen atoms in total. The van der Waals surface area contributed by atoms with Crippen LogP contribution in [0.15, 0.2) is 36.7 Å². The molecule has 6 heteroatoms. The van der Waals surface area contributed by atoms with Gasteiger partial charge in [0.05, 0.1) is 0 Å². The zero-order chi connectivity index (χ0) is 12.8. The summed E-state index contributed by atoms with van der Waals surface area (Å²) >= 11 is 5.19. The third-order valence-corrected chi connectivity index (χ3v) is 2.56. The van der Waals surface area contributed by atoms with E-state index in [0.29, 0.717) is 11.7 Å². The smallest absolute Gasteiger partial charge is 0.170 e. The van der Waals surface area contributed by atoms with Crippen LogP contribution in [0, 0.1) is 0 Å². The summed E-state index contributed by atoms with van der Waals surface area (Å²) in [6, 6.07) is 9.82. The van der Waals surface area contributed by atoms with Gasteiger partial charge in [-0.3, -0.25) is 4.68 Å². The van der Waals surface area contributed by atoms with E-state index in [1.165, 1.54) is 0 Å². The van der Waals surface area contributed by atoms with Gasteiger partial charge in [-0.2, -0.15) is 5.10 Å². The molecule has 0 saturated heterocycles. The zero-order valence-electron chi connectivity index (χ0n) is 10.1. The van der Waals surface area contributed by atoms with E-state index in [1.807, 2.05) is 37.4 Å². The molecule has 0 spiro atoms. The van der Waals surface area contributed by atoms with Crippen molar-refractivity contribution < 1.29 is 0 Å². The number of benzene rings is 1. The monoisotopic (exact) mass is 261 g/mol. The molecule has 0 unspecified atom stereocenters. The van der Waals surface area contributed by atoms with Crippen LogP contribution < -0.4 is 10.6 Å². The SMILES string of the molecule is Cn1cnc(CCNC(=S)Nc2ccccc2)n1. The topological polar surface area (TPSA) is 54.8 Å². The number of anilines is 1. The second kappa shape index (κ2) is 6.11. The normalized spacial score (nSPS) is 10.1. The summed E-state index contributed by atoms with van der Waals surface area (Å²) < 4.78 is 1.69. The molecule has 0 aliphatic heterocycles. The molecule has 0 radical (unpaired) electrons. The van der Waals surface area contributed by atoms with E-state index in [-0.39, 0.29) is 0 Å². The fourth-order valence-electron chi connectivity index (χ4n) is 1.48. The largest absolute Gasteiger partial charge is 0.362 e. The van der Waals surface area contributed by atoms with Crippen molar-refractivity contribution in [2.24, 2.45) is 7.05 Å². The van der Waals surface area contributed by atoms with Gasteiger partial charge in [-0.05, 0) is 24.4 Å². The van der Waals surface area contributed by atoms with Gasteiger partial charge in [0.2, 0.25) is 0 Å². The van der Waals surface area contributed by atoms with Gasteiger partial charge in [-0.25, -0.2) is 4.98 Å². The Morgan fingerprint density at radius 2 is 2.11 bits per heavy atom. The van der Waals surface area contributed by atoms with E-state index in [9.17, 15) is 0 Å². The Kier molecular flexibility index (Phi) is 4.25. The van der Waals surface area contributed by atoms with E-state index in [4.69, 9.17) is 12.2 Å². The van der Waals surface area contributed by atoms with Crippen molar-refractivity contribution in [3.05, 3.63) is 42.5 Å². The molecular weight excluding hydrogens is 246 g/mol. The molecular formula is C12H15N5S. The summed E-state index contributed by atoms with van der Waals surface area (Å²) in [6.07, 6.45) is 2.44. The van der Waals surface area contributed by atoms with Crippen molar-refractivity contribution in [1.82, 2.24) is 20.1 Å². The first kappa shape index (κ1) is 12.5. The van der Waals surface area contributed by atoms with Gasteiger partial charge in [0.25, 0.3) is 0 Å². The number of nitrogens with zero attached hydrogens (tertiary/aromatic N) is 3. The molecule has 1 aromatic heterocycles. The maximum absolute atomic E-state index is 5.19. The number of hydrogen-bond donors (Lipinski definition) is 2. The summed E-state index contributed by atoms with van der Waals surface area (Å²) in [5.74, 6) is 0.813. The molecule has 0 aliphatic rings. The number of para-hydroxylation sites is 1. The lowest BCUT2D eigenvalue weighted by atomic mass is 10.3. The van der Waals surface area contributed by atoms with Gasteiger partial charge in [-0.1, -0.05) is 18.2 Å². The molecule has 0 amide bonds. The van der Waals surface area contributed by atoms with Gasteiger partial charge in [0.15, 0.2) is 10.9 Å². The lowest BCUT2D eigenvalue weighted by Gasteiger charge is -2.09. The Hall–Kier alpha value is -1.95. The van der Waals surface area contributed by atoms with Crippen LogP contribution in [0.1, 0.15) is 5.82 Å². The Morgan fingerprint density at radius 1 is 1.33 bits per heavy atom. The summed E-state index contributed by atoms with van der Waals surface area (Å²) in [7, 11) is 1.85. The minimum atomic E-state index is 0.608. The highest BCUT2D eigenvalue weighted by atomic mass is 32.1. The van der Waals surface area contributed by atoms with Crippen molar-refractivity contribution in [1.29, 1.82) is 0 Å². The Balaban J connectivity index is 1.72. The van der Waals surface area contributed by atoms with Crippen LogP contribution in [-0.2, 0) is 13.5 Å². The van der Waals surface area contributed by atoms with Gasteiger partial charge >= 0.3 is 0 Å². The van der Waals surface area contributed by atoms with Crippen LogP contribution in [0.25, 0.3) is 0 Å². The Labute approximate surface area is 111 Å². The fourth-order valence-corrected chi connectivity index (χ4v) is 1.70. The average molecular weight is 261 g/mol. The summed E-state index contributed by atoms with van der Waals surface area (Å²) in [6.45, 7) is 0.711. The number of rotatable bonds is 4. The van der Waals surface area contributed by atoms with E-state index in [2.05, 4.69) is 20.7 Å². The third-order valence-electron chi connectivity index (χ3n) is 2.31. The first-order valence-electron chi connectivity index (χ1n) is 5.68. The molecule has 2 rings (SSSR count). The predicted octanol–water partition coefficient (Wildman–Crippen LogP) is 1.34. The first-order valence-corrected chi connectivity index (χ1v) is 6.09. The molecule has 0 atom stereocenters. The molecule has 0 saturated carbocycles. The van der Waals surface area contributed by atoms with Crippen LogP contribution in [0.2, 0.25) is 0 Å². The minimum Gasteiger partial charge on any atom is -0.362 e. The van der Waals surface area contributed by atoms with Crippen molar-refractivity contribution in [2.45, 2.75) is 6.42 Å². The number of nitrogens with one attached hydrogen (secondary N) is 2. The van der Waals surface area contributed by atoms with Gasteiger partial charge in [-0.15, -0.1) is 0 Å². The van der Waals surface area contributed by atoms with Crippen molar-refractivity contribution in [3.8, 4) is 0 Å². The molecule has 1 aromatic carbocycles. The van der Waals surface area contributed by atoms with Crippen molar-refractivity contribution >= 4 is 23.0 Å². The Bertz CT molecular complexity index is 508. The fraction of sp³-hybridized carbons (Fsp3) is 0.250. The number of aryl methyl sites for hydroxylation is 1. The van der Waals surface area contributed by atoms with E-state index < -0.39 is 0 Å². The minimum absolute atomic E-state index is 0.608. The highest BCUT2D eigenvalue weighted by Crippen LogP contribution is 2.04. The molecule has 2 aromatic rings. The maximum atomic E-state index is 5.19. The summed E-state index contributed by atoms with van der Waals surface area (Å²) in [4.78, 5) is 4.14. The molecule has 0 bridgehead atoms. The lowest BCUT2D eigenvalue weighted by molar-refractivity contribution is 0.730. The summed E-state index contributed by atoms with van der Waals surface area (Å²) in [5, 5.41) is 11.0.